The number of fused-ring (bicyclic) bond motifs is 1. The van der Waals surface area contributed by atoms with E-state index >= 15 is 0 Å². The number of aromatic nitrogens is 3. The number of rotatable bonds is 4. The van der Waals surface area contributed by atoms with Gasteiger partial charge in [-0.3, -0.25) is 0 Å². The minimum atomic E-state index is -0.415. The van der Waals surface area contributed by atoms with E-state index < -0.39 is 5.92 Å². The van der Waals surface area contributed by atoms with Crippen molar-refractivity contribution in [3.63, 3.8) is 0 Å². The van der Waals surface area contributed by atoms with Gasteiger partial charge in [0.05, 0.1) is 22.7 Å². The number of allylic oxidation sites excluding steroid dienone is 4. The van der Waals surface area contributed by atoms with Gasteiger partial charge in [0.2, 0.25) is 0 Å². The third-order valence-corrected chi connectivity index (χ3v) is 5.35. The predicted octanol–water partition coefficient (Wildman–Crippen LogP) is 4.04. The lowest BCUT2D eigenvalue weighted by Crippen LogP contribution is -2.30. The van der Waals surface area contributed by atoms with Crippen LogP contribution < -0.4 is 5.32 Å². The smallest absolute Gasteiger partial charge is 0.171 e. The first kappa shape index (κ1) is 17.9. The van der Waals surface area contributed by atoms with Gasteiger partial charge < -0.3 is 5.32 Å². The lowest BCUT2D eigenvalue weighted by Gasteiger charge is -2.26. The summed E-state index contributed by atoms with van der Waals surface area (Å²) in [7, 11) is 0. The Morgan fingerprint density at radius 1 is 1.41 bits per heavy atom. The van der Waals surface area contributed by atoms with E-state index in [2.05, 4.69) is 45.2 Å². The molecule has 0 aromatic carbocycles. The number of nitrogens with zero attached hydrogens (tertiary/aromatic N) is 5. The van der Waals surface area contributed by atoms with Gasteiger partial charge in [-0.2, -0.15) is 19.8 Å². The number of nitrogens with one attached hydrogen (secondary N) is 1. The van der Waals surface area contributed by atoms with Crippen molar-refractivity contribution in [3.05, 3.63) is 42.0 Å². The fourth-order valence-electron chi connectivity index (χ4n) is 3.39. The van der Waals surface area contributed by atoms with Crippen LogP contribution in [-0.4, -0.2) is 33.6 Å². The molecular formula is C19H21FN6S. The summed E-state index contributed by atoms with van der Waals surface area (Å²) in [5.74, 6) is 0.169. The summed E-state index contributed by atoms with van der Waals surface area (Å²) in [5, 5.41) is 15.7. The van der Waals surface area contributed by atoms with E-state index in [9.17, 15) is 4.39 Å². The standard InChI is InChI=1S/C19H21FN6S/c1-12-4-3-5-13(20)17(12)14-8-16(26-18(25-14)15(27)9-24-26)21-10-19(2)6-7-22-23-11-19/h3-5,7-9,11-12,17,21,27H,6,10H2,1-2H3. The molecule has 0 saturated carbocycles. The van der Waals surface area contributed by atoms with Crippen LogP contribution in [0.2, 0.25) is 0 Å². The molecule has 4 rings (SSSR count). The molecule has 8 heteroatoms. The highest BCUT2D eigenvalue weighted by Gasteiger charge is 2.28. The summed E-state index contributed by atoms with van der Waals surface area (Å²) in [4.78, 5) is 5.31. The van der Waals surface area contributed by atoms with Gasteiger partial charge in [-0.25, -0.2) is 9.37 Å². The summed E-state index contributed by atoms with van der Waals surface area (Å²) in [6.07, 6.45) is 11.3. The Morgan fingerprint density at radius 2 is 2.26 bits per heavy atom. The van der Waals surface area contributed by atoms with Crippen molar-refractivity contribution in [1.29, 1.82) is 0 Å². The molecule has 3 heterocycles. The summed E-state index contributed by atoms with van der Waals surface area (Å²) in [6.45, 7) is 4.74. The van der Waals surface area contributed by atoms with Gasteiger partial charge in [-0.15, -0.1) is 12.6 Å². The fourth-order valence-corrected chi connectivity index (χ4v) is 3.58. The lowest BCUT2D eigenvalue weighted by atomic mass is 9.86. The second-order valence-electron chi connectivity index (χ2n) is 7.36. The van der Waals surface area contributed by atoms with Gasteiger partial charge in [0.1, 0.15) is 11.6 Å². The van der Waals surface area contributed by atoms with E-state index in [1.165, 1.54) is 6.08 Å². The Morgan fingerprint density at radius 3 is 3.00 bits per heavy atom. The van der Waals surface area contributed by atoms with E-state index in [0.29, 0.717) is 22.8 Å². The Kier molecular flexibility index (Phi) is 4.59. The summed E-state index contributed by atoms with van der Waals surface area (Å²) >= 11 is 4.46. The highest BCUT2D eigenvalue weighted by atomic mass is 32.1. The van der Waals surface area contributed by atoms with Crippen molar-refractivity contribution in [2.45, 2.75) is 31.1 Å². The normalized spacial score (nSPS) is 27.2. The first-order valence-electron chi connectivity index (χ1n) is 8.88. The molecule has 0 amide bonds. The van der Waals surface area contributed by atoms with Crippen LogP contribution in [0.15, 0.2) is 51.4 Å². The molecule has 1 N–H and O–H groups in total. The largest absolute Gasteiger partial charge is 0.369 e. The van der Waals surface area contributed by atoms with Crippen molar-refractivity contribution in [1.82, 2.24) is 14.6 Å². The second-order valence-corrected chi connectivity index (χ2v) is 7.84. The van der Waals surface area contributed by atoms with Gasteiger partial charge in [0, 0.05) is 30.5 Å². The third kappa shape index (κ3) is 3.41. The summed E-state index contributed by atoms with van der Waals surface area (Å²) in [6, 6.07) is 1.87. The van der Waals surface area contributed by atoms with Crippen LogP contribution in [0.5, 0.6) is 0 Å². The molecule has 1 aliphatic heterocycles. The van der Waals surface area contributed by atoms with Crippen molar-refractivity contribution in [2.24, 2.45) is 21.5 Å². The zero-order chi connectivity index (χ0) is 19.0. The second kappa shape index (κ2) is 6.92. The first-order chi connectivity index (χ1) is 13.0. The molecule has 0 spiro atoms. The maximum absolute atomic E-state index is 14.6. The number of hydrogen-bond acceptors (Lipinski definition) is 6. The molecular weight excluding hydrogens is 363 g/mol. The van der Waals surface area contributed by atoms with Gasteiger partial charge in [-0.05, 0) is 18.4 Å². The van der Waals surface area contributed by atoms with Crippen LogP contribution in [0.25, 0.3) is 5.65 Å². The zero-order valence-electron chi connectivity index (χ0n) is 15.2. The number of hydrogen-bond donors (Lipinski definition) is 2. The number of thiol groups is 1. The quantitative estimate of drug-likeness (QED) is 0.782. The third-order valence-electron chi connectivity index (χ3n) is 5.03. The van der Waals surface area contributed by atoms with Crippen LogP contribution in [0.4, 0.5) is 10.2 Å². The highest BCUT2D eigenvalue weighted by Crippen LogP contribution is 2.37. The maximum atomic E-state index is 14.6. The molecule has 2 aliphatic rings. The van der Waals surface area contributed by atoms with Gasteiger partial charge in [0.15, 0.2) is 5.65 Å². The number of halogens is 1. The van der Waals surface area contributed by atoms with Crippen molar-refractivity contribution < 1.29 is 4.39 Å². The Labute approximate surface area is 162 Å². The van der Waals surface area contributed by atoms with Crippen LogP contribution in [0.3, 0.4) is 0 Å². The van der Waals surface area contributed by atoms with E-state index in [0.717, 1.165) is 12.2 Å². The average molecular weight is 384 g/mol. The molecule has 27 heavy (non-hydrogen) atoms. The molecule has 0 saturated heterocycles. The van der Waals surface area contributed by atoms with Gasteiger partial charge >= 0.3 is 0 Å². The molecule has 0 radical (unpaired) electrons. The molecule has 140 valence electrons. The number of anilines is 1. The van der Waals surface area contributed by atoms with E-state index in [1.807, 2.05) is 31.5 Å². The lowest BCUT2D eigenvalue weighted by molar-refractivity contribution is 0.468. The van der Waals surface area contributed by atoms with Crippen molar-refractivity contribution >= 4 is 36.5 Å². The first-order valence-corrected chi connectivity index (χ1v) is 9.33. The molecule has 2 aromatic heterocycles. The van der Waals surface area contributed by atoms with Crippen LogP contribution in [-0.2, 0) is 0 Å². The van der Waals surface area contributed by atoms with Gasteiger partial charge in [-0.1, -0.05) is 26.0 Å². The molecule has 2 aromatic rings. The monoisotopic (exact) mass is 384 g/mol. The van der Waals surface area contributed by atoms with Crippen LogP contribution >= 0.6 is 12.6 Å². The predicted molar refractivity (Wildman–Crippen MR) is 109 cm³/mol. The maximum Gasteiger partial charge on any atom is 0.171 e. The van der Waals surface area contributed by atoms with E-state index in [4.69, 9.17) is 0 Å². The summed E-state index contributed by atoms with van der Waals surface area (Å²) in [5.41, 5.74) is 1.12. The molecule has 3 unspecified atom stereocenters. The van der Waals surface area contributed by atoms with Crippen LogP contribution in [0, 0.1) is 11.3 Å². The molecule has 1 aliphatic carbocycles. The Balaban J connectivity index is 1.71. The minimum absolute atomic E-state index is 0.0169. The topological polar surface area (TPSA) is 66.9 Å². The SMILES string of the molecule is CC1C=CC=C(F)C1c1cc(NCC2(C)C=NN=CC2)n2ncc(S)c2n1. The fraction of sp³-hybridized carbons (Fsp3) is 0.368. The van der Waals surface area contributed by atoms with Gasteiger partial charge in [0.25, 0.3) is 0 Å². The zero-order valence-corrected chi connectivity index (χ0v) is 16.1. The Hall–Kier alpha value is -2.48. The van der Waals surface area contributed by atoms with Crippen molar-refractivity contribution in [3.8, 4) is 0 Å². The highest BCUT2D eigenvalue weighted by molar-refractivity contribution is 7.80. The summed E-state index contributed by atoms with van der Waals surface area (Å²) < 4.78 is 16.3. The van der Waals surface area contributed by atoms with E-state index in [-0.39, 0.29) is 17.2 Å². The molecule has 0 bridgehead atoms. The Bertz CT molecular complexity index is 991. The van der Waals surface area contributed by atoms with E-state index in [1.54, 1.807) is 16.8 Å². The molecule has 3 atom stereocenters. The minimum Gasteiger partial charge on any atom is -0.369 e. The average Bonchev–Trinajstić information content (AvgIpc) is 3.02. The van der Waals surface area contributed by atoms with Crippen molar-refractivity contribution in [2.75, 3.05) is 11.9 Å². The molecule has 0 fully saturated rings. The van der Waals surface area contributed by atoms with Crippen LogP contribution in [0.1, 0.15) is 31.9 Å². The molecule has 6 nitrogen and oxygen atoms in total.